The molecule has 94 valence electrons. The van der Waals surface area contributed by atoms with Gasteiger partial charge >= 0.3 is 0 Å². The molecule has 0 spiro atoms. The lowest BCUT2D eigenvalue weighted by molar-refractivity contribution is -0.120. The van der Waals surface area contributed by atoms with Gasteiger partial charge in [0.15, 0.2) is 0 Å². The summed E-state index contributed by atoms with van der Waals surface area (Å²) < 4.78 is 0. The van der Waals surface area contributed by atoms with Gasteiger partial charge in [-0.25, -0.2) is 4.98 Å². The van der Waals surface area contributed by atoms with E-state index in [1.165, 1.54) is 0 Å². The summed E-state index contributed by atoms with van der Waals surface area (Å²) in [5, 5.41) is 5.74. The van der Waals surface area contributed by atoms with Gasteiger partial charge in [0.2, 0.25) is 5.91 Å². The molecule has 0 saturated heterocycles. The highest BCUT2D eigenvalue weighted by atomic mass is 32.1. The van der Waals surface area contributed by atoms with E-state index in [0.717, 1.165) is 16.3 Å². The van der Waals surface area contributed by atoms with Crippen LogP contribution in [0.2, 0.25) is 0 Å². The minimum Gasteiger partial charge on any atom is -0.399 e. The van der Waals surface area contributed by atoms with Crippen molar-refractivity contribution in [2.75, 3.05) is 5.73 Å². The number of nitrogens with zero attached hydrogens (tertiary/aromatic N) is 1. The fraction of sp³-hybridized carbons (Fsp3) is 0.231. The first-order chi connectivity index (χ1) is 8.63. The first-order valence-corrected chi connectivity index (χ1v) is 6.53. The van der Waals surface area contributed by atoms with Gasteiger partial charge in [0.25, 0.3) is 0 Å². The number of nitrogens with two attached hydrogens (primary N) is 1. The molecule has 3 N–H and O–H groups in total. The summed E-state index contributed by atoms with van der Waals surface area (Å²) in [6.07, 6.45) is 0.343. The number of nitrogen functional groups attached to an aromatic ring is 1. The molecule has 5 heteroatoms. The number of aryl methyl sites for hydroxylation is 1. The van der Waals surface area contributed by atoms with E-state index < -0.39 is 0 Å². The number of amides is 1. The SMILES string of the molecule is Cc1csc(CNC(=O)Cc2cccc(N)c2)n1. The molecule has 0 aliphatic carbocycles. The Hall–Kier alpha value is -1.88. The largest absolute Gasteiger partial charge is 0.399 e. The topological polar surface area (TPSA) is 68.0 Å². The van der Waals surface area contributed by atoms with E-state index in [2.05, 4.69) is 10.3 Å². The molecule has 0 saturated carbocycles. The van der Waals surface area contributed by atoms with Crippen LogP contribution in [-0.4, -0.2) is 10.9 Å². The van der Waals surface area contributed by atoms with Gasteiger partial charge in [-0.1, -0.05) is 12.1 Å². The van der Waals surface area contributed by atoms with Crippen molar-refractivity contribution in [2.24, 2.45) is 0 Å². The van der Waals surface area contributed by atoms with Crippen molar-refractivity contribution < 1.29 is 4.79 Å². The maximum Gasteiger partial charge on any atom is 0.224 e. The second-order valence-corrected chi connectivity index (χ2v) is 5.02. The predicted molar refractivity (Wildman–Crippen MR) is 73.3 cm³/mol. The number of carbonyl (C=O) groups is 1. The number of hydrogen-bond donors (Lipinski definition) is 2. The molecule has 18 heavy (non-hydrogen) atoms. The number of rotatable bonds is 4. The van der Waals surface area contributed by atoms with Crippen LogP contribution in [0.1, 0.15) is 16.3 Å². The van der Waals surface area contributed by atoms with E-state index in [4.69, 9.17) is 5.73 Å². The molecule has 0 fully saturated rings. The van der Waals surface area contributed by atoms with Gasteiger partial charge in [0.1, 0.15) is 5.01 Å². The zero-order valence-electron chi connectivity index (χ0n) is 10.1. The number of benzene rings is 1. The van der Waals surface area contributed by atoms with Crippen LogP contribution in [0.25, 0.3) is 0 Å². The fourth-order valence-corrected chi connectivity index (χ4v) is 2.32. The molecule has 2 rings (SSSR count). The van der Waals surface area contributed by atoms with Gasteiger partial charge in [0, 0.05) is 16.8 Å². The highest BCUT2D eigenvalue weighted by Gasteiger charge is 2.05. The van der Waals surface area contributed by atoms with Crippen molar-refractivity contribution in [1.82, 2.24) is 10.3 Å². The highest BCUT2D eigenvalue weighted by Crippen LogP contribution is 2.09. The quantitative estimate of drug-likeness (QED) is 0.826. The highest BCUT2D eigenvalue weighted by molar-refractivity contribution is 7.09. The number of nitrogens with one attached hydrogen (secondary N) is 1. The normalized spacial score (nSPS) is 10.3. The first kappa shape index (κ1) is 12.6. The third-order valence-electron chi connectivity index (χ3n) is 2.42. The van der Waals surface area contributed by atoms with E-state index in [-0.39, 0.29) is 5.91 Å². The van der Waals surface area contributed by atoms with Crippen molar-refractivity contribution in [3.8, 4) is 0 Å². The molecular weight excluding hydrogens is 246 g/mol. The van der Waals surface area contributed by atoms with Crippen LogP contribution in [0, 0.1) is 6.92 Å². The third-order valence-corrected chi connectivity index (χ3v) is 3.39. The number of carbonyl (C=O) groups excluding carboxylic acids is 1. The molecule has 4 nitrogen and oxygen atoms in total. The zero-order chi connectivity index (χ0) is 13.0. The van der Waals surface area contributed by atoms with Gasteiger partial charge in [-0.15, -0.1) is 11.3 Å². The Morgan fingerprint density at radius 2 is 2.33 bits per heavy atom. The van der Waals surface area contributed by atoms with Gasteiger partial charge < -0.3 is 11.1 Å². The van der Waals surface area contributed by atoms with Gasteiger partial charge in [-0.05, 0) is 24.6 Å². The maximum absolute atomic E-state index is 11.7. The maximum atomic E-state index is 11.7. The molecule has 0 radical (unpaired) electrons. The Morgan fingerprint density at radius 1 is 1.50 bits per heavy atom. The Morgan fingerprint density at radius 3 is 3.00 bits per heavy atom. The van der Waals surface area contributed by atoms with Gasteiger partial charge in [-0.3, -0.25) is 4.79 Å². The standard InChI is InChI=1S/C13H15N3OS/c1-9-8-18-13(16-9)7-15-12(17)6-10-3-2-4-11(14)5-10/h2-5,8H,6-7,14H2,1H3,(H,15,17). The van der Waals surface area contributed by atoms with Crippen molar-refractivity contribution in [3.63, 3.8) is 0 Å². The Labute approximate surface area is 110 Å². The van der Waals surface area contributed by atoms with Crippen LogP contribution >= 0.6 is 11.3 Å². The third kappa shape index (κ3) is 3.56. The second kappa shape index (κ2) is 5.64. The minimum atomic E-state index is -0.0200. The van der Waals surface area contributed by atoms with E-state index in [0.29, 0.717) is 18.7 Å². The van der Waals surface area contributed by atoms with E-state index in [9.17, 15) is 4.79 Å². The average Bonchev–Trinajstić information content (AvgIpc) is 2.73. The molecule has 1 heterocycles. The molecular formula is C13H15N3OS. The molecule has 0 bridgehead atoms. The molecule has 0 atom stereocenters. The number of aromatic nitrogens is 1. The average molecular weight is 261 g/mol. The van der Waals surface area contributed by atoms with Crippen LogP contribution in [0.5, 0.6) is 0 Å². The van der Waals surface area contributed by atoms with E-state index >= 15 is 0 Å². The van der Waals surface area contributed by atoms with Crippen LogP contribution in [0.15, 0.2) is 29.6 Å². The molecule has 1 amide bonds. The van der Waals surface area contributed by atoms with Crippen molar-refractivity contribution >= 4 is 22.9 Å². The van der Waals surface area contributed by atoms with Crippen molar-refractivity contribution in [2.45, 2.75) is 19.9 Å². The molecule has 0 aliphatic heterocycles. The lowest BCUT2D eigenvalue weighted by atomic mass is 10.1. The summed E-state index contributed by atoms with van der Waals surface area (Å²) in [7, 11) is 0. The minimum absolute atomic E-state index is 0.0200. The van der Waals surface area contributed by atoms with Crippen LogP contribution in [0.4, 0.5) is 5.69 Å². The Kier molecular flexibility index (Phi) is 3.94. The lowest BCUT2D eigenvalue weighted by Crippen LogP contribution is -2.24. The first-order valence-electron chi connectivity index (χ1n) is 5.65. The van der Waals surface area contributed by atoms with Crippen molar-refractivity contribution in [3.05, 3.63) is 45.9 Å². The summed E-state index contributed by atoms with van der Waals surface area (Å²) >= 11 is 1.55. The monoisotopic (exact) mass is 261 g/mol. The molecule has 1 aromatic carbocycles. The number of anilines is 1. The van der Waals surface area contributed by atoms with Gasteiger partial charge in [0.05, 0.1) is 13.0 Å². The van der Waals surface area contributed by atoms with Gasteiger partial charge in [-0.2, -0.15) is 0 Å². The number of hydrogen-bond acceptors (Lipinski definition) is 4. The molecule has 2 aromatic rings. The summed E-state index contributed by atoms with van der Waals surface area (Å²) in [6.45, 7) is 2.42. The summed E-state index contributed by atoms with van der Waals surface area (Å²) in [6, 6.07) is 7.36. The smallest absolute Gasteiger partial charge is 0.224 e. The van der Waals surface area contributed by atoms with E-state index in [1.54, 1.807) is 17.4 Å². The van der Waals surface area contributed by atoms with Crippen LogP contribution in [0.3, 0.4) is 0 Å². The molecule has 0 aliphatic rings. The summed E-state index contributed by atoms with van der Waals surface area (Å²) in [4.78, 5) is 16.0. The zero-order valence-corrected chi connectivity index (χ0v) is 11.0. The Balaban J connectivity index is 1.85. The summed E-state index contributed by atoms with van der Waals surface area (Å²) in [5.74, 6) is -0.0200. The lowest BCUT2D eigenvalue weighted by Gasteiger charge is -2.04. The number of thiazole rings is 1. The van der Waals surface area contributed by atoms with E-state index in [1.807, 2.05) is 30.5 Å². The second-order valence-electron chi connectivity index (χ2n) is 4.08. The fourth-order valence-electron chi connectivity index (χ4n) is 1.61. The van der Waals surface area contributed by atoms with Crippen molar-refractivity contribution in [1.29, 1.82) is 0 Å². The predicted octanol–water partition coefficient (Wildman–Crippen LogP) is 1.89. The molecule has 0 unspecified atom stereocenters. The van der Waals surface area contributed by atoms with Crippen LogP contribution in [-0.2, 0) is 17.8 Å². The summed E-state index contributed by atoms with van der Waals surface area (Å²) in [5.41, 5.74) is 8.24. The molecule has 1 aromatic heterocycles. The van der Waals surface area contributed by atoms with Crippen LogP contribution < -0.4 is 11.1 Å². The Bertz CT molecular complexity index is 551.